The first-order valence-electron chi connectivity index (χ1n) is 6.38. The van der Waals surface area contributed by atoms with Crippen LogP contribution in [0.1, 0.15) is 5.69 Å². The van der Waals surface area contributed by atoms with Crippen molar-refractivity contribution in [1.29, 1.82) is 0 Å². The van der Waals surface area contributed by atoms with Gasteiger partial charge in [-0.15, -0.1) is 0 Å². The Morgan fingerprint density at radius 3 is 2.86 bits per heavy atom. The number of ether oxygens (including phenoxy) is 1. The predicted octanol–water partition coefficient (Wildman–Crippen LogP) is 2.44. The van der Waals surface area contributed by atoms with Crippen LogP contribution in [-0.2, 0) is 11.8 Å². The average molecular weight is 309 g/mol. The van der Waals surface area contributed by atoms with Crippen LogP contribution >= 0.6 is 11.6 Å². The maximum Gasteiger partial charge on any atom is 0.244 e. The van der Waals surface area contributed by atoms with Crippen molar-refractivity contribution in [3.05, 3.63) is 35.0 Å². The predicted molar refractivity (Wildman–Crippen MR) is 83.1 cm³/mol. The van der Waals surface area contributed by atoms with Crippen LogP contribution in [0.3, 0.4) is 0 Å². The summed E-state index contributed by atoms with van der Waals surface area (Å²) in [6, 6.07) is 7.11. The van der Waals surface area contributed by atoms with Crippen molar-refractivity contribution in [3.8, 4) is 5.75 Å². The highest BCUT2D eigenvalue weighted by atomic mass is 35.5. The third-order valence-corrected chi connectivity index (χ3v) is 3.18. The second-order valence-electron chi connectivity index (χ2n) is 4.52. The van der Waals surface area contributed by atoms with Crippen LogP contribution in [0.25, 0.3) is 0 Å². The maximum absolute atomic E-state index is 11.9. The fourth-order valence-corrected chi connectivity index (χ4v) is 2.20. The lowest BCUT2D eigenvalue weighted by Gasteiger charge is -2.12. The zero-order valence-corrected chi connectivity index (χ0v) is 12.9. The summed E-state index contributed by atoms with van der Waals surface area (Å²) in [7, 11) is 3.31. The van der Waals surface area contributed by atoms with E-state index in [4.69, 9.17) is 16.3 Å². The Bertz CT molecular complexity index is 654. The minimum Gasteiger partial charge on any atom is -0.493 e. The number of hydrogen-bond acceptors (Lipinski definition) is 4. The van der Waals surface area contributed by atoms with E-state index in [2.05, 4.69) is 15.7 Å². The Balaban J connectivity index is 1.99. The first-order chi connectivity index (χ1) is 10.0. The van der Waals surface area contributed by atoms with E-state index in [-0.39, 0.29) is 12.5 Å². The molecule has 7 heteroatoms. The van der Waals surface area contributed by atoms with Gasteiger partial charge in [-0.1, -0.05) is 17.7 Å². The van der Waals surface area contributed by atoms with Crippen LogP contribution in [0.5, 0.6) is 5.75 Å². The van der Waals surface area contributed by atoms with Crippen LogP contribution < -0.4 is 15.4 Å². The molecule has 2 aromatic rings. The number of para-hydroxylation sites is 1. The summed E-state index contributed by atoms with van der Waals surface area (Å²) in [6.45, 7) is 1.96. The Kier molecular flexibility index (Phi) is 4.70. The van der Waals surface area contributed by atoms with Crippen molar-refractivity contribution in [2.45, 2.75) is 6.92 Å². The third kappa shape index (κ3) is 3.66. The van der Waals surface area contributed by atoms with Crippen molar-refractivity contribution >= 4 is 29.0 Å². The van der Waals surface area contributed by atoms with Crippen molar-refractivity contribution in [2.24, 2.45) is 7.05 Å². The molecule has 1 amide bonds. The molecular formula is C14H17ClN4O2. The molecule has 21 heavy (non-hydrogen) atoms. The molecule has 0 saturated heterocycles. The highest BCUT2D eigenvalue weighted by molar-refractivity contribution is 6.32. The van der Waals surface area contributed by atoms with Gasteiger partial charge in [-0.25, -0.2) is 0 Å². The molecule has 0 aliphatic rings. The molecular weight excluding hydrogens is 292 g/mol. The molecule has 0 aliphatic heterocycles. The van der Waals surface area contributed by atoms with Crippen LogP contribution in [0.4, 0.5) is 11.5 Å². The zero-order valence-electron chi connectivity index (χ0n) is 12.1. The van der Waals surface area contributed by atoms with Crippen LogP contribution in [0.2, 0.25) is 5.02 Å². The molecule has 0 atom stereocenters. The molecule has 2 N–H and O–H groups in total. The fourth-order valence-electron chi connectivity index (χ4n) is 1.95. The number of nitrogens with zero attached hydrogens (tertiary/aromatic N) is 2. The number of carbonyl (C=O) groups excluding carboxylic acids is 1. The molecule has 6 nitrogen and oxygen atoms in total. The van der Waals surface area contributed by atoms with E-state index in [1.165, 1.54) is 7.11 Å². The lowest BCUT2D eigenvalue weighted by molar-refractivity contribution is -0.114. The number of rotatable bonds is 5. The fraction of sp³-hybridized carbons (Fsp3) is 0.286. The number of anilines is 2. The first kappa shape index (κ1) is 15.2. The number of nitrogens with one attached hydrogen (secondary N) is 2. The summed E-state index contributed by atoms with van der Waals surface area (Å²) in [5, 5.41) is 10.4. The largest absolute Gasteiger partial charge is 0.493 e. The Labute approximate surface area is 128 Å². The highest BCUT2D eigenvalue weighted by Gasteiger charge is 2.10. The van der Waals surface area contributed by atoms with Crippen LogP contribution in [0.15, 0.2) is 24.3 Å². The second-order valence-corrected chi connectivity index (χ2v) is 4.92. The van der Waals surface area contributed by atoms with Gasteiger partial charge in [0.05, 0.1) is 30.1 Å². The number of carbonyl (C=O) groups is 1. The number of benzene rings is 1. The summed E-state index contributed by atoms with van der Waals surface area (Å²) in [6.07, 6.45) is 0. The molecule has 0 bridgehead atoms. The number of aromatic nitrogens is 2. The Morgan fingerprint density at radius 2 is 2.24 bits per heavy atom. The van der Waals surface area contributed by atoms with Gasteiger partial charge in [0, 0.05) is 13.1 Å². The summed E-state index contributed by atoms with van der Waals surface area (Å²) in [5.74, 6) is 0.987. The number of hydrogen-bond donors (Lipinski definition) is 2. The summed E-state index contributed by atoms with van der Waals surface area (Å²) >= 11 is 6.02. The molecule has 0 saturated carbocycles. The lowest BCUT2D eigenvalue weighted by Crippen LogP contribution is -2.23. The van der Waals surface area contributed by atoms with Crippen molar-refractivity contribution in [2.75, 3.05) is 24.3 Å². The summed E-state index contributed by atoms with van der Waals surface area (Å²) in [5.41, 5.74) is 1.51. The topological polar surface area (TPSA) is 68.2 Å². The zero-order chi connectivity index (χ0) is 15.4. The number of methoxy groups -OCH3 is 1. The van der Waals surface area contributed by atoms with E-state index in [1.807, 2.05) is 6.92 Å². The highest BCUT2D eigenvalue weighted by Crippen LogP contribution is 2.32. The lowest BCUT2D eigenvalue weighted by atomic mass is 10.3. The molecule has 1 aromatic heterocycles. The summed E-state index contributed by atoms with van der Waals surface area (Å²) < 4.78 is 6.83. The second kappa shape index (κ2) is 6.49. The molecule has 0 fully saturated rings. The Hall–Kier alpha value is -2.21. The van der Waals surface area contributed by atoms with Crippen molar-refractivity contribution in [1.82, 2.24) is 9.78 Å². The average Bonchev–Trinajstić information content (AvgIpc) is 2.74. The van der Waals surface area contributed by atoms with Gasteiger partial charge in [0.25, 0.3) is 0 Å². The van der Waals surface area contributed by atoms with E-state index < -0.39 is 0 Å². The van der Waals surface area contributed by atoms with Gasteiger partial charge in [0.15, 0.2) is 5.75 Å². The smallest absolute Gasteiger partial charge is 0.244 e. The SMILES string of the molecule is COc1c(Cl)cccc1NCC(=O)Nc1cc(C)nn1C. The third-order valence-electron chi connectivity index (χ3n) is 2.88. The number of aryl methyl sites for hydroxylation is 2. The quantitative estimate of drug-likeness (QED) is 0.890. The van der Waals surface area contributed by atoms with Crippen molar-refractivity contribution in [3.63, 3.8) is 0 Å². The van der Waals surface area contributed by atoms with Crippen LogP contribution in [-0.4, -0.2) is 29.3 Å². The molecule has 0 radical (unpaired) electrons. The minimum absolute atomic E-state index is 0.0981. The molecule has 112 valence electrons. The number of halogens is 1. The standard InChI is InChI=1S/C14H17ClN4O2/c1-9-7-12(19(2)18-9)17-13(20)8-16-11-6-4-5-10(15)14(11)21-3/h4-7,16H,8H2,1-3H3,(H,17,20). The monoisotopic (exact) mass is 308 g/mol. The van der Waals surface area contributed by atoms with E-state index in [0.717, 1.165) is 5.69 Å². The van der Waals surface area contributed by atoms with E-state index in [1.54, 1.807) is 36.0 Å². The molecule has 0 unspecified atom stereocenters. The van der Waals surface area contributed by atoms with Gasteiger partial charge in [0.2, 0.25) is 5.91 Å². The minimum atomic E-state index is -0.181. The Morgan fingerprint density at radius 1 is 1.48 bits per heavy atom. The van der Waals surface area contributed by atoms with Gasteiger partial charge in [-0.05, 0) is 19.1 Å². The van der Waals surface area contributed by atoms with Gasteiger partial charge in [0.1, 0.15) is 5.82 Å². The molecule has 1 aromatic carbocycles. The van der Waals surface area contributed by atoms with Gasteiger partial charge in [-0.2, -0.15) is 5.10 Å². The van der Waals surface area contributed by atoms with Crippen molar-refractivity contribution < 1.29 is 9.53 Å². The van der Waals surface area contributed by atoms with Crippen LogP contribution in [0, 0.1) is 6.92 Å². The van der Waals surface area contributed by atoms with Gasteiger partial charge < -0.3 is 15.4 Å². The van der Waals surface area contributed by atoms with E-state index in [9.17, 15) is 4.79 Å². The first-order valence-corrected chi connectivity index (χ1v) is 6.76. The molecule has 0 spiro atoms. The summed E-state index contributed by atoms with van der Waals surface area (Å²) in [4.78, 5) is 11.9. The molecule has 2 rings (SSSR count). The molecule has 0 aliphatic carbocycles. The van der Waals surface area contributed by atoms with E-state index >= 15 is 0 Å². The number of amides is 1. The maximum atomic E-state index is 11.9. The van der Waals surface area contributed by atoms with Gasteiger partial charge in [-0.3, -0.25) is 9.48 Å². The molecule has 1 heterocycles. The van der Waals surface area contributed by atoms with Gasteiger partial charge >= 0.3 is 0 Å². The van der Waals surface area contributed by atoms with E-state index in [0.29, 0.717) is 22.3 Å². The normalized spacial score (nSPS) is 10.3.